The fraction of sp³-hybridized carbons (Fsp3) is 0.438. The van der Waals surface area contributed by atoms with Crippen LogP contribution in [0, 0.1) is 33.5 Å². The van der Waals surface area contributed by atoms with Crippen LogP contribution in [0.3, 0.4) is 0 Å². The number of nitrogens with zero attached hydrogens (tertiary/aromatic N) is 1. The van der Waals surface area contributed by atoms with Crippen molar-refractivity contribution in [3.63, 3.8) is 0 Å². The highest BCUT2D eigenvalue weighted by Gasteiger charge is 2.74. The topological polar surface area (TPSA) is 113 Å². The van der Waals surface area contributed by atoms with Crippen molar-refractivity contribution in [3.8, 4) is 22.6 Å². The smallest absolute Gasteiger partial charge is 0.252 e. The molecule has 0 aliphatic heterocycles. The third-order valence-corrected chi connectivity index (χ3v) is 18.7. The van der Waals surface area contributed by atoms with Crippen LogP contribution in [0.25, 0.3) is 11.1 Å². The van der Waals surface area contributed by atoms with Crippen LogP contribution in [0.1, 0.15) is 74.7 Å². The van der Waals surface area contributed by atoms with Gasteiger partial charge < -0.3 is 19.7 Å². The Balaban J connectivity index is 1.16. The molecule has 0 saturated heterocycles. The maximum Gasteiger partial charge on any atom is 0.252 e. The number of aliphatic hydroxyl groups is 2. The van der Waals surface area contributed by atoms with Gasteiger partial charge in [-0.1, -0.05) is 98.8 Å². The summed E-state index contributed by atoms with van der Waals surface area (Å²) in [6.07, 6.45) is 11.0. The Morgan fingerprint density at radius 3 is 2.33 bits per heavy atom. The van der Waals surface area contributed by atoms with Gasteiger partial charge in [-0.05, 0) is 90.8 Å². The number of hydrogen-bond donors (Lipinski definition) is 2. The summed E-state index contributed by atoms with van der Waals surface area (Å²) < 4.78 is 42.0. The lowest BCUT2D eigenvalue weighted by Gasteiger charge is -2.71. The number of fused-ring (bicyclic) bond motifs is 1. The van der Waals surface area contributed by atoms with Gasteiger partial charge in [0.25, 0.3) is 10.0 Å². The van der Waals surface area contributed by atoms with Gasteiger partial charge in [0.15, 0.2) is 5.78 Å². The fourth-order valence-electron chi connectivity index (χ4n) is 12.5. The van der Waals surface area contributed by atoms with Gasteiger partial charge in [-0.3, -0.25) is 4.79 Å². The molecule has 2 N–H and O–H groups in total. The van der Waals surface area contributed by atoms with Crippen LogP contribution in [-0.4, -0.2) is 61.2 Å². The summed E-state index contributed by atoms with van der Waals surface area (Å²) in [6, 6.07) is 26.6. The number of Topliss-reactive ketones (excluding diaryl/α,β-unsaturated/α-hetero) is 1. The highest BCUT2D eigenvalue weighted by Crippen LogP contribution is 2.78. The number of sulfonamides is 1. The number of ketones is 1. The van der Waals surface area contributed by atoms with Crippen LogP contribution in [0.2, 0.25) is 0 Å². The SMILES string of the molecule is COc1ccc(CN(C[C@]2(O)CC[C@H]3[C@]45C=C[C@@]6(C=C4C(=O)c4ccccc4-c4ccccc4)CC(O)CC[C@]6(C)[C@H]5CC[C@@]32C)S(=O)(=O)c2cccs2)c(OC)c1. The number of allylic oxidation sites excluding steroid dienone is 4. The van der Waals surface area contributed by atoms with Crippen LogP contribution in [0.15, 0.2) is 118 Å². The van der Waals surface area contributed by atoms with Crippen molar-refractivity contribution in [3.05, 3.63) is 125 Å². The molecular weight excluding hydrogens is 767 g/mol. The second kappa shape index (κ2) is 14.0. The van der Waals surface area contributed by atoms with E-state index in [-0.39, 0.29) is 40.3 Å². The van der Waals surface area contributed by atoms with Crippen LogP contribution in [-0.2, 0) is 16.6 Å². The number of rotatable bonds is 11. The molecule has 1 unspecified atom stereocenters. The molecule has 2 bridgehead atoms. The van der Waals surface area contributed by atoms with E-state index in [0.717, 1.165) is 40.9 Å². The molecule has 6 aliphatic carbocycles. The number of hydrogen-bond acceptors (Lipinski definition) is 8. The van der Waals surface area contributed by atoms with E-state index in [4.69, 9.17) is 9.47 Å². The lowest BCUT2D eigenvalue weighted by molar-refractivity contribution is -0.173. The number of carbonyl (C=O) groups is 1. The number of carbonyl (C=O) groups excluding carboxylic acids is 1. The Morgan fingerprint density at radius 1 is 0.862 bits per heavy atom. The molecule has 2 spiro atoms. The Labute approximate surface area is 346 Å². The summed E-state index contributed by atoms with van der Waals surface area (Å²) in [5.74, 6) is 1.03. The minimum Gasteiger partial charge on any atom is -0.497 e. The molecule has 3 saturated carbocycles. The molecule has 1 heterocycles. The van der Waals surface area contributed by atoms with Gasteiger partial charge in [-0.15, -0.1) is 11.3 Å². The van der Waals surface area contributed by atoms with Gasteiger partial charge in [0.1, 0.15) is 15.7 Å². The second-order valence-corrected chi connectivity index (χ2v) is 21.0. The predicted molar refractivity (Wildman–Crippen MR) is 226 cm³/mol. The lowest BCUT2D eigenvalue weighted by Crippen LogP contribution is -2.67. The normalized spacial score (nSPS) is 33.6. The highest BCUT2D eigenvalue weighted by molar-refractivity contribution is 7.91. The summed E-state index contributed by atoms with van der Waals surface area (Å²) in [7, 11) is -0.915. The number of methoxy groups -OCH3 is 2. The first-order valence-corrected chi connectivity index (χ1v) is 22.9. The van der Waals surface area contributed by atoms with Crippen molar-refractivity contribution in [1.82, 2.24) is 4.31 Å². The van der Waals surface area contributed by atoms with E-state index < -0.39 is 38.0 Å². The molecule has 10 heteroatoms. The molecule has 1 aromatic heterocycles. The number of aliphatic hydroxyl groups excluding tert-OH is 1. The molecule has 3 fully saturated rings. The Kier molecular flexibility index (Phi) is 9.52. The number of ether oxygens (including phenoxy) is 2. The monoisotopic (exact) mass is 819 g/mol. The summed E-state index contributed by atoms with van der Waals surface area (Å²) in [5.41, 5.74) is 0.371. The number of thiophene rings is 1. The summed E-state index contributed by atoms with van der Waals surface area (Å²) in [5, 5.41) is 26.3. The average Bonchev–Trinajstić information content (AvgIpc) is 3.88. The third-order valence-electron chi connectivity index (χ3n) is 15.6. The van der Waals surface area contributed by atoms with Crippen LogP contribution < -0.4 is 9.47 Å². The zero-order valence-electron chi connectivity index (χ0n) is 33.7. The van der Waals surface area contributed by atoms with Gasteiger partial charge in [0.05, 0.1) is 25.9 Å². The molecule has 10 rings (SSSR count). The van der Waals surface area contributed by atoms with E-state index in [1.165, 1.54) is 4.31 Å². The van der Waals surface area contributed by atoms with Crippen LogP contribution in [0.5, 0.6) is 11.5 Å². The number of benzene rings is 3. The van der Waals surface area contributed by atoms with Gasteiger partial charge in [-0.25, -0.2) is 8.42 Å². The van der Waals surface area contributed by atoms with Crippen molar-refractivity contribution < 1.29 is 32.9 Å². The first-order valence-electron chi connectivity index (χ1n) is 20.5. The second-order valence-electron chi connectivity index (χ2n) is 17.9. The Morgan fingerprint density at radius 2 is 1.59 bits per heavy atom. The van der Waals surface area contributed by atoms with E-state index in [1.807, 2.05) is 60.7 Å². The van der Waals surface area contributed by atoms with Gasteiger partial charge in [0.2, 0.25) is 0 Å². The van der Waals surface area contributed by atoms with Gasteiger partial charge in [-0.2, -0.15) is 4.31 Å². The molecular formula is C48H53NO7S2. The van der Waals surface area contributed by atoms with E-state index >= 15 is 4.79 Å². The maximum absolute atomic E-state index is 15.6. The molecule has 0 radical (unpaired) electrons. The zero-order valence-corrected chi connectivity index (χ0v) is 35.3. The minimum atomic E-state index is -4.04. The van der Waals surface area contributed by atoms with Crippen LogP contribution in [0.4, 0.5) is 0 Å². The molecule has 58 heavy (non-hydrogen) atoms. The Bertz CT molecular complexity index is 2410. The lowest BCUT2D eigenvalue weighted by atomic mass is 9.32. The van der Waals surface area contributed by atoms with E-state index in [2.05, 4.69) is 32.1 Å². The molecule has 3 aromatic carbocycles. The molecule has 8 atom stereocenters. The molecule has 0 amide bonds. The van der Waals surface area contributed by atoms with Crippen molar-refractivity contribution in [1.29, 1.82) is 0 Å². The zero-order chi connectivity index (χ0) is 40.7. The largest absolute Gasteiger partial charge is 0.497 e. The van der Waals surface area contributed by atoms with E-state index in [1.54, 1.807) is 43.9 Å². The minimum absolute atomic E-state index is 0.00699. The quantitative estimate of drug-likeness (QED) is 0.115. The molecule has 8 nitrogen and oxygen atoms in total. The summed E-state index contributed by atoms with van der Waals surface area (Å²) >= 11 is 1.16. The van der Waals surface area contributed by atoms with Crippen molar-refractivity contribution in [2.24, 2.45) is 33.5 Å². The van der Waals surface area contributed by atoms with Crippen molar-refractivity contribution >= 4 is 27.1 Å². The molecule has 6 aliphatic rings. The molecule has 4 aromatic rings. The first-order chi connectivity index (χ1) is 27.7. The highest BCUT2D eigenvalue weighted by atomic mass is 32.2. The standard InChI is InChI=1S/C48H53NO7S2/c1-44-21-18-34(50)28-46(44)24-25-48(38(29-46)43(51)37-14-9-8-13-36(37)32-11-6-5-7-12-32)40(44)19-22-45(2)41(48)20-23-47(45,52)31-49(58(53,54)42-15-10-26-57-42)30-33-16-17-35(55-3)27-39(33)56-4/h5-17,24-27,29,34,40-41,50,52H,18-23,28,30-31H2,1-4H3/t34?,40-,41-,44-,45+,46+,47-,48-/m1/s1. The fourth-order valence-corrected chi connectivity index (χ4v) is 15.1. The van der Waals surface area contributed by atoms with Crippen molar-refractivity contribution in [2.75, 3.05) is 20.8 Å². The molecule has 304 valence electrons. The Hall–Kier alpha value is -4.06. The van der Waals surface area contributed by atoms with Gasteiger partial charge >= 0.3 is 0 Å². The van der Waals surface area contributed by atoms with Crippen LogP contribution >= 0.6 is 11.3 Å². The average molecular weight is 820 g/mol. The van der Waals surface area contributed by atoms with E-state index in [9.17, 15) is 18.6 Å². The predicted octanol–water partition coefficient (Wildman–Crippen LogP) is 9.10. The summed E-state index contributed by atoms with van der Waals surface area (Å²) in [4.78, 5) is 15.6. The van der Waals surface area contributed by atoms with E-state index in [0.29, 0.717) is 54.7 Å². The van der Waals surface area contributed by atoms with Crippen molar-refractivity contribution in [2.45, 2.75) is 81.3 Å². The summed E-state index contributed by atoms with van der Waals surface area (Å²) in [6.45, 7) is 4.40. The van der Waals surface area contributed by atoms with Gasteiger partial charge in [0, 0.05) is 52.1 Å². The maximum atomic E-state index is 15.6. The third kappa shape index (κ3) is 5.61. The first kappa shape index (κ1) is 39.4.